The molecule has 0 aliphatic carbocycles. The van der Waals surface area contributed by atoms with E-state index in [2.05, 4.69) is 9.97 Å². The lowest BCUT2D eigenvalue weighted by Gasteiger charge is -2.36. The van der Waals surface area contributed by atoms with Gasteiger partial charge in [-0.15, -0.1) is 0 Å². The molecule has 0 bridgehead atoms. The number of hydrogen-bond donors (Lipinski definition) is 1. The summed E-state index contributed by atoms with van der Waals surface area (Å²) in [5.41, 5.74) is 1.28. The van der Waals surface area contributed by atoms with Gasteiger partial charge in [0.1, 0.15) is 23.5 Å². The van der Waals surface area contributed by atoms with Gasteiger partial charge in [-0.3, -0.25) is 9.78 Å². The fourth-order valence-corrected chi connectivity index (χ4v) is 3.42. The highest BCUT2D eigenvalue weighted by Crippen LogP contribution is 2.25. The number of rotatable bonds is 4. The average Bonchev–Trinajstić information content (AvgIpc) is 2.74. The molecule has 0 unspecified atom stereocenters. The largest absolute Gasteiger partial charge is 0.488 e. The Morgan fingerprint density at radius 3 is 2.82 bits per heavy atom. The summed E-state index contributed by atoms with van der Waals surface area (Å²) >= 11 is 0. The molecule has 2 aromatic heterocycles. The number of β-amino-alcohol motifs (C(OH)–C–C–N with tert-alkyl or cyclic N) is 1. The maximum absolute atomic E-state index is 12.8. The quantitative estimate of drug-likeness (QED) is 0.749. The third-order valence-corrected chi connectivity index (χ3v) is 4.86. The van der Waals surface area contributed by atoms with Crippen molar-refractivity contribution in [2.75, 3.05) is 20.2 Å². The third kappa shape index (κ3) is 3.61. The number of methoxy groups -OCH3 is 1. The Morgan fingerprint density at radius 1 is 1.18 bits per heavy atom. The van der Waals surface area contributed by atoms with E-state index in [9.17, 15) is 9.90 Å². The minimum Gasteiger partial charge on any atom is -0.488 e. The van der Waals surface area contributed by atoms with Gasteiger partial charge in [0.25, 0.3) is 5.91 Å². The number of carbonyl (C=O) groups is 1. The smallest absolute Gasteiger partial charge is 0.259 e. The Kier molecular flexibility index (Phi) is 5.08. The van der Waals surface area contributed by atoms with Crippen molar-refractivity contribution in [1.29, 1.82) is 0 Å². The van der Waals surface area contributed by atoms with Crippen molar-refractivity contribution in [3.63, 3.8) is 0 Å². The van der Waals surface area contributed by atoms with E-state index in [-0.39, 0.29) is 24.4 Å². The van der Waals surface area contributed by atoms with Gasteiger partial charge in [0.15, 0.2) is 0 Å². The van der Waals surface area contributed by atoms with E-state index in [1.807, 2.05) is 30.3 Å². The van der Waals surface area contributed by atoms with Crippen LogP contribution in [-0.4, -0.2) is 58.3 Å². The monoisotopic (exact) mass is 379 g/mol. The number of amides is 1. The van der Waals surface area contributed by atoms with Crippen LogP contribution in [-0.2, 0) is 0 Å². The molecule has 1 aliphatic rings. The molecule has 7 nitrogen and oxygen atoms in total. The molecule has 1 fully saturated rings. The van der Waals surface area contributed by atoms with Crippen molar-refractivity contribution in [3.8, 4) is 11.6 Å². The molecule has 1 aromatic carbocycles. The normalized spacial score (nSPS) is 19.4. The predicted octanol–water partition coefficient (Wildman–Crippen LogP) is 2.29. The first kappa shape index (κ1) is 18.2. The highest BCUT2D eigenvalue weighted by molar-refractivity contribution is 5.96. The topological polar surface area (TPSA) is 84.8 Å². The molecule has 4 rings (SSSR count). The average molecular weight is 379 g/mol. The zero-order valence-electron chi connectivity index (χ0n) is 15.5. The van der Waals surface area contributed by atoms with E-state index in [0.717, 1.165) is 10.9 Å². The van der Waals surface area contributed by atoms with Crippen molar-refractivity contribution >= 4 is 16.8 Å². The minimum atomic E-state index is -0.787. The highest BCUT2D eigenvalue weighted by Gasteiger charge is 2.33. The number of likely N-dealkylation sites (tertiary alicyclic amines) is 1. The summed E-state index contributed by atoms with van der Waals surface area (Å²) in [5, 5.41) is 11.5. The number of ether oxygens (including phenoxy) is 2. The van der Waals surface area contributed by atoms with E-state index in [1.165, 1.54) is 7.11 Å². The second-order valence-electron chi connectivity index (χ2n) is 6.68. The van der Waals surface area contributed by atoms with Gasteiger partial charge in [-0.05, 0) is 36.4 Å². The number of aromatic nitrogens is 2. The highest BCUT2D eigenvalue weighted by atomic mass is 16.5. The number of nitrogens with zero attached hydrogens (tertiary/aromatic N) is 3. The van der Waals surface area contributed by atoms with Crippen LogP contribution in [0.4, 0.5) is 0 Å². The van der Waals surface area contributed by atoms with E-state index < -0.39 is 6.10 Å². The molecule has 2 atom stereocenters. The van der Waals surface area contributed by atoms with Crippen LogP contribution in [0.25, 0.3) is 10.9 Å². The molecule has 3 aromatic rings. The number of benzene rings is 1. The fourth-order valence-electron chi connectivity index (χ4n) is 3.42. The Hall–Kier alpha value is -3.19. The number of fused-ring (bicyclic) bond motifs is 1. The van der Waals surface area contributed by atoms with Gasteiger partial charge in [-0.2, -0.15) is 0 Å². The molecule has 1 aliphatic heterocycles. The van der Waals surface area contributed by atoms with E-state index in [1.54, 1.807) is 29.4 Å². The van der Waals surface area contributed by atoms with E-state index >= 15 is 0 Å². The summed E-state index contributed by atoms with van der Waals surface area (Å²) in [6, 6.07) is 12.9. The summed E-state index contributed by atoms with van der Waals surface area (Å²) in [7, 11) is 1.48. The minimum absolute atomic E-state index is 0.191. The number of aliphatic hydroxyl groups is 1. The van der Waals surface area contributed by atoms with Crippen LogP contribution in [0, 0.1) is 0 Å². The molecule has 7 heteroatoms. The van der Waals surface area contributed by atoms with Crippen molar-refractivity contribution in [2.24, 2.45) is 0 Å². The third-order valence-electron chi connectivity index (χ3n) is 4.86. The summed E-state index contributed by atoms with van der Waals surface area (Å²) < 4.78 is 11.2. The van der Waals surface area contributed by atoms with Crippen molar-refractivity contribution in [2.45, 2.75) is 18.6 Å². The molecule has 28 heavy (non-hydrogen) atoms. The van der Waals surface area contributed by atoms with Gasteiger partial charge in [-0.25, -0.2) is 4.98 Å². The molecule has 0 spiro atoms. The molecule has 0 saturated carbocycles. The lowest BCUT2D eigenvalue weighted by Crippen LogP contribution is -2.51. The standard InChI is InChI=1S/C21H21N3O4/c1-27-20-16(5-3-10-23-20)21(26)24-11-8-19(18(25)13-24)28-15-6-7-17-14(12-15)4-2-9-22-17/h2-7,9-10,12,18-19,25H,8,11,13H2,1H3/t18-,19-/m1/s1. The predicted molar refractivity (Wildman–Crippen MR) is 103 cm³/mol. The van der Waals surface area contributed by atoms with Crippen LogP contribution in [0.1, 0.15) is 16.8 Å². The first-order valence-corrected chi connectivity index (χ1v) is 9.13. The van der Waals surface area contributed by atoms with Crippen molar-refractivity contribution in [3.05, 3.63) is 60.4 Å². The van der Waals surface area contributed by atoms with Crippen LogP contribution < -0.4 is 9.47 Å². The molecule has 144 valence electrons. The van der Waals surface area contributed by atoms with Crippen LogP contribution in [0.15, 0.2) is 54.9 Å². The SMILES string of the molecule is COc1ncccc1C(=O)N1CC[C@@H](Oc2ccc3ncccc3c2)[C@H](O)C1. The van der Waals surface area contributed by atoms with Gasteiger partial charge < -0.3 is 19.5 Å². The van der Waals surface area contributed by atoms with E-state index in [4.69, 9.17) is 9.47 Å². The van der Waals surface area contributed by atoms with E-state index in [0.29, 0.717) is 24.3 Å². The number of hydrogen-bond acceptors (Lipinski definition) is 6. The molecule has 1 N–H and O–H groups in total. The molecule has 1 amide bonds. The Labute approximate surface area is 162 Å². The Morgan fingerprint density at radius 2 is 2.00 bits per heavy atom. The number of aliphatic hydroxyl groups excluding tert-OH is 1. The zero-order chi connectivity index (χ0) is 19.5. The number of carbonyl (C=O) groups excluding carboxylic acids is 1. The summed E-state index contributed by atoms with van der Waals surface area (Å²) in [6.45, 7) is 0.671. The molecule has 0 radical (unpaired) electrons. The van der Waals surface area contributed by atoms with Crippen LogP contribution in [0.5, 0.6) is 11.6 Å². The lowest BCUT2D eigenvalue weighted by atomic mass is 10.0. The van der Waals surface area contributed by atoms with Crippen LogP contribution in [0.2, 0.25) is 0 Å². The second-order valence-corrected chi connectivity index (χ2v) is 6.68. The maximum Gasteiger partial charge on any atom is 0.259 e. The van der Waals surface area contributed by atoms with Gasteiger partial charge >= 0.3 is 0 Å². The lowest BCUT2D eigenvalue weighted by molar-refractivity contribution is -0.0199. The Balaban J connectivity index is 1.44. The number of piperidine rings is 1. The first-order chi connectivity index (χ1) is 13.7. The fraction of sp³-hybridized carbons (Fsp3) is 0.286. The summed E-state index contributed by atoms with van der Waals surface area (Å²) in [5.74, 6) is 0.752. The molecule has 3 heterocycles. The molecule has 1 saturated heterocycles. The van der Waals surface area contributed by atoms with Gasteiger partial charge in [-0.1, -0.05) is 6.07 Å². The van der Waals surface area contributed by atoms with Gasteiger partial charge in [0.05, 0.1) is 19.2 Å². The van der Waals surface area contributed by atoms with Crippen molar-refractivity contribution < 1.29 is 19.4 Å². The zero-order valence-corrected chi connectivity index (χ0v) is 15.5. The Bertz CT molecular complexity index is 994. The number of pyridine rings is 2. The summed E-state index contributed by atoms with van der Waals surface area (Å²) in [4.78, 5) is 22.7. The van der Waals surface area contributed by atoms with Crippen LogP contribution in [0.3, 0.4) is 0 Å². The van der Waals surface area contributed by atoms with Gasteiger partial charge in [0, 0.05) is 30.7 Å². The van der Waals surface area contributed by atoms with Crippen molar-refractivity contribution in [1.82, 2.24) is 14.9 Å². The molecular formula is C21H21N3O4. The van der Waals surface area contributed by atoms with Gasteiger partial charge in [0.2, 0.25) is 5.88 Å². The molecular weight excluding hydrogens is 358 g/mol. The first-order valence-electron chi connectivity index (χ1n) is 9.13. The summed E-state index contributed by atoms with van der Waals surface area (Å²) in [6.07, 6.45) is 2.68. The second kappa shape index (κ2) is 7.82. The van der Waals surface area contributed by atoms with Crippen LogP contribution >= 0.6 is 0 Å². The maximum atomic E-state index is 12.8.